The summed E-state index contributed by atoms with van der Waals surface area (Å²) in [6, 6.07) is 12.2. The highest BCUT2D eigenvalue weighted by Gasteiger charge is 2.06. The Morgan fingerprint density at radius 1 is 0.950 bits per heavy atom. The number of nitrogens with two attached hydrogens (primary N) is 1. The molecule has 0 heterocycles. The van der Waals surface area contributed by atoms with Crippen molar-refractivity contribution in [1.29, 1.82) is 0 Å². The highest BCUT2D eigenvalue weighted by atomic mass is 16.4. The van der Waals surface area contributed by atoms with Crippen molar-refractivity contribution in [2.24, 2.45) is 0 Å². The molecule has 0 saturated carbocycles. The fourth-order valence-corrected chi connectivity index (χ4v) is 1.59. The van der Waals surface area contributed by atoms with Crippen LogP contribution in [-0.2, 0) is 0 Å². The molecule has 6 heteroatoms. The topological polar surface area (TPSA) is 104 Å². The molecule has 2 aromatic rings. The van der Waals surface area contributed by atoms with E-state index in [0.29, 0.717) is 17.1 Å². The van der Waals surface area contributed by atoms with Crippen molar-refractivity contribution in [3.8, 4) is 0 Å². The lowest BCUT2D eigenvalue weighted by atomic mass is 10.2. The van der Waals surface area contributed by atoms with Crippen LogP contribution in [0.2, 0.25) is 0 Å². The summed E-state index contributed by atoms with van der Waals surface area (Å²) in [6.07, 6.45) is 0. The summed E-state index contributed by atoms with van der Waals surface area (Å²) < 4.78 is 0. The summed E-state index contributed by atoms with van der Waals surface area (Å²) in [5.41, 5.74) is 7.24. The number of carboxylic acids is 1. The van der Waals surface area contributed by atoms with Gasteiger partial charge in [-0.05, 0) is 42.5 Å². The maximum atomic E-state index is 11.7. The van der Waals surface area contributed by atoms with E-state index in [2.05, 4.69) is 10.6 Å². The van der Waals surface area contributed by atoms with Gasteiger partial charge in [-0.25, -0.2) is 9.59 Å². The number of benzene rings is 2. The minimum atomic E-state index is -1.05. The zero-order chi connectivity index (χ0) is 14.5. The number of hydrogen-bond acceptors (Lipinski definition) is 3. The van der Waals surface area contributed by atoms with Gasteiger partial charge < -0.3 is 21.5 Å². The van der Waals surface area contributed by atoms with E-state index in [1.807, 2.05) is 0 Å². The number of hydrogen-bond donors (Lipinski definition) is 4. The molecule has 20 heavy (non-hydrogen) atoms. The van der Waals surface area contributed by atoms with Gasteiger partial charge in [-0.2, -0.15) is 0 Å². The Labute approximate surface area is 115 Å². The number of anilines is 3. The van der Waals surface area contributed by atoms with Gasteiger partial charge in [0.15, 0.2) is 0 Å². The SMILES string of the molecule is Nc1ccc(NC(=O)Nc2cccc(C(=O)O)c2)cc1. The summed E-state index contributed by atoms with van der Waals surface area (Å²) in [5.74, 6) is -1.05. The van der Waals surface area contributed by atoms with Crippen molar-refractivity contribution in [3.05, 3.63) is 54.1 Å². The Morgan fingerprint density at radius 2 is 1.60 bits per heavy atom. The minimum absolute atomic E-state index is 0.107. The highest BCUT2D eigenvalue weighted by Crippen LogP contribution is 2.13. The Morgan fingerprint density at radius 3 is 2.25 bits per heavy atom. The predicted molar refractivity (Wildman–Crippen MR) is 76.9 cm³/mol. The van der Waals surface area contributed by atoms with E-state index in [9.17, 15) is 9.59 Å². The van der Waals surface area contributed by atoms with Crippen LogP contribution in [0.3, 0.4) is 0 Å². The van der Waals surface area contributed by atoms with Crippen LogP contribution in [0.4, 0.5) is 21.9 Å². The van der Waals surface area contributed by atoms with E-state index in [-0.39, 0.29) is 5.56 Å². The number of urea groups is 1. The van der Waals surface area contributed by atoms with Gasteiger partial charge in [0.2, 0.25) is 0 Å². The molecular formula is C14H13N3O3. The van der Waals surface area contributed by atoms with Crippen molar-refractivity contribution in [1.82, 2.24) is 0 Å². The van der Waals surface area contributed by atoms with Crippen LogP contribution in [-0.4, -0.2) is 17.1 Å². The maximum Gasteiger partial charge on any atom is 0.335 e. The van der Waals surface area contributed by atoms with Crippen molar-refractivity contribution in [3.63, 3.8) is 0 Å². The average Bonchev–Trinajstić information content (AvgIpc) is 2.41. The molecule has 0 saturated heterocycles. The quantitative estimate of drug-likeness (QED) is 0.644. The van der Waals surface area contributed by atoms with Crippen LogP contribution in [0.5, 0.6) is 0 Å². The molecule has 6 nitrogen and oxygen atoms in total. The van der Waals surface area contributed by atoms with Gasteiger partial charge >= 0.3 is 12.0 Å². The molecule has 0 bridgehead atoms. The van der Waals surface area contributed by atoms with Crippen LogP contribution >= 0.6 is 0 Å². The lowest BCUT2D eigenvalue weighted by molar-refractivity contribution is 0.0697. The highest BCUT2D eigenvalue weighted by molar-refractivity contribution is 6.00. The smallest absolute Gasteiger partial charge is 0.335 e. The first-order valence-corrected chi connectivity index (χ1v) is 5.81. The van der Waals surface area contributed by atoms with Crippen LogP contribution in [0, 0.1) is 0 Å². The molecule has 2 rings (SSSR count). The molecule has 0 atom stereocenters. The van der Waals surface area contributed by atoms with E-state index in [4.69, 9.17) is 10.8 Å². The number of rotatable bonds is 3. The van der Waals surface area contributed by atoms with Gasteiger partial charge in [-0.15, -0.1) is 0 Å². The second kappa shape index (κ2) is 5.75. The molecular weight excluding hydrogens is 258 g/mol. The zero-order valence-corrected chi connectivity index (χ0v) is 10.5. The Balaban J connectivity index is 2.02. The second-order valence-corrected chi connectivity index (χ2v) is 4.09. The van der Waals surface area contributed by atoms with Crippen molar-refractivity contribution in [2.45, 2.75) is 0 Å². The molecule has 2 amide bonds. The molecule has 0 aliphatic heterocycles. The van der Waals surface area contributed by atoms with E-state index in [0.717, 1.165) is 0 Å². The summed E-state index contributed by atoms with van der Waals surface area (Å²) >= 11 is 0. The first-order valence-electron chi connectivity index (χ1n) is 5.81. The molecule has 102 valence electrons. The van der Waals surface area contributed by atoms with E-state index >= 15 is 0 Å². The van der Waals surface area contributed by atoms with Gasteiger partial charge in [-0.1, -0.05) is 6.07 Å². The van der Waals surface area contributed by atoms with Gasteiger partial charge in [0.1, 0.15) is 0 Å². The summed E-state index contributed by atoms with van der Waals surface area (Å²) in [5, 5.41) is 14.0. The molecule has 5 N–H and O–H groups in total. The fourth-order valence-electron chi connectivity index (χ4n) is 1.59. The van der Waals surface area contributed by atoms with Crippen molar-refractivity contribution < 1.29 is 14.7 Å². The standard InChI is InChI=1S/C14H13N3O3/c15-10-4-6-11(7-5-10)16-14(20)17-12-3-1-2-9(8-12)13(18)19/h1-8H,15H2,(H,18,19)(H2,16,17,20). The van der Waals surface area contributed by atoms with Crippen LogP contribution in [0.15, 0.2) is 48.5 Å². The monoisotopic (exact) mass is 271 g/mol. The number of carbonyl (C=O) groups excluding carboxylic acids is 1. The molecule has 0 radical (unpaired) electrons. The van der Waals surface area contributed by atoms with Crippen LogP contribution in [0.1, 0.15) is 10.4 Å². The van der Waals surface area contributed by atoms with Crippen molar-refractivity contribution >= 4 is 29.1 Å². The van der Waals surface area contributed by atoms with E-state index in [1.165, 1.54) is 12.1 Å². The lowest BCUT2D eigenvalue weighted by Gasteiger charge is -2.08. The lowest BCUT2D eigenvalue weighted by Crippen LogP contribution is -2.19. The van der Waals surface area contributed by atoms with E-state index in [1.54, 1.807) is 36.4 Å². The van der Waals surface area contributed by atoms with E-state index < -0.39 is 12.0 Å². The predicted octanol–water partition coefficient (Wildman–Crippen LogP) is 2.61. The van der Waals surface area contributed by atoms with Gasteiger partial charge in [0.25, 0.3) is 0 Å². The normalized spacial score (nSPS) is 9.80. The third kappa shape index (κ3) is 3.49. The minimum Gasteiger partial charge on any atom is -0.478 e. The summed E-state index contributed by atoms with van der Waals surface area (Å²) in [4.78, 5) is 22.6. The molecule has 0 unspecified atom stereocenters. The number of nitrogens with one attached hydrogen (secondary N) is 2. The molecule has 0 spiro atoms. The van der Waals surface area contributed by atoms with Crippen molar-refractivity contribution in [2.75, 3.05) is 16.4 Å². The summed E-state index contributed by atoms with van der Waals surface area (Å²) in [7, 11) is 0. The molecule has 0 aliphatic rings. The number of carbonyl (C=O) groups is 2. The maximum absolute atomic E-state index is 11.7. The third-order valence-electron chi connectivity index (χ3n) is 2.54. The number of carboxylic acid groups (broad SMARTS) is 1. The third-order valence-corrected chi connectivity index (χ3v) is 2.54. The Kier molecular flexibility index (Phi) is 3.85. The Bertz CT molecular complexity index is 638. The van der Waals surface area contributed by atoms with Gasteiger partial charge in [-0.3, -0.25) is 0 Å². The number of nitrogen functional groups attached to an aromatic ring is 1. The van der Waals surface area contributed by atoms with Crippen LogP contribution < -0.4 is 16.4 Å². The first kappa shape index (κ1) is 13.4. The molecule has 2 aromatic carbocycles. The van der Waals surface area contributed by atoms with Gasteiger partial charge in [0.05, 0.1) is 5.56 Å². The Hall–Kier alpha value is -3.02. The fraction of sp³-hybridized carbons (Fsp3) is 0. The molecule has 0 aromatic heterocycles. The number of amides is 2. The summed E-state index contributed by atoms with van der Waals surface area (Å²) in [6.45, 7) is 0. The average molecular weight is 271 g/mol. The molecule has 0 aliphatic carbocycles. The zero-order valence-electron chi connectivity index (χ0n) is 10.5. The van der Waals surface area contributed by atoms with Gasteiger partial charge in [0, 0.05) is 17.1 Å². The second-order valence-electron chi connectivity index (χ2n) is 4.09. The van der Waals surface area contributed by atoms with Crippen LogP contribution in [0.25, 0.3) is 0 Å². The largest absolute Gasteiger partial charge is 0.478 e. The number of aromatic carboxylic acids is 1. The molecule has 0 fully saturated rings. The first-order chi connectivity index (χ1) is 9.54.